The minimum Gasteiger partial charge on any atom is -0.394 e. The van der Waals surface area contributed by atoms with Gasteiger partial charge in [0.15, 0.2) is 0 Å². The summed E-state index contributed by atoms with van der Waals surface area (Å²) in [6.45, 7) is 11.6. The van der Waals surface area contributed by atoms with E-state index in [-0.39, 0.29) is 36.2 Å². The molecule has 1 aliphatic heterocycles. The largest absolute Gasteiger partial charge is 0.394 e. The van der Waals surface area contributed by atoms with Gasteiger partial charge in [-0.2, -0.15) is 0 Å². The van der Waals surface area contributed by atoms with E-state index in [1.54, 1.807) is 11.9 Å². The van der Waals surface area contributed by atoms with Crippen molar-refractivity contribution in [3.8, 4) is 0 Å². The molecule has 2 rings (SSSR count). The Kier molecular flexibility index (Phi) is 8.31. The number of carbonyl (C=O) groups is 3. The third kappa shape index (κ3) is 5.48. The molecule has 31 heavy (non-hydrogen) atoms. The fraction of sp³-hybridized carbons (Fsp3) is 0.792. The van der Waals surface area contributed by atoms with Crippen LogP contribution in [0.3, 0.4) is 0 Å². The molecule has 7 nitrogen and oxygen atoms in total. The molecule has 0 unspecified atom stereocenters. The SMILES string of the molecule is CCC[C@@H]1C=C[C@H]2[C@@H](C(=O)N([C@@H](CO)CC(C)C)[C@@H]2C(=O)NC(C)(C)C)[C@@H]1C(=O)NC. The molecule has 3 amide bonds. The molecule has 6 atom stereocenters. The lowest BCUT2D eigenvalue weighted by Crippen LogP contribution is -2.55. The molecule has 7 heteroatoms. The Morgan fingerprint density at radius 2 is 1.84 bits per heavy atom. The Balaban J connectivity index is 2.56. The van der Waals surface area contributed by atoms with Crippen LogP contribution in [0.5, 0.6) is 0 Å². The van der Waals surface area contributed by atoms with Gasteiger partial charge < -0.3 is 20.6 Å². The fourth-order valence-electron chi connectivity index (χ4n) is 5.24. The number of amides is 3. The molecule has 0 spiro atoms. The third-order valence-corrected chi connectivity index (χ3v) is 6.33. The van der Waals surface area contributed by atoms with Gasteiger partial charge in [-0.05, 0) is 45.4 Å². The Morgan fingerprint density at radius 3 is 2.32 bits per heavy atom. The standard InChI is InChI=1S/C24H41N3O4/c1-8-9-15-10-11-17-19(18(15)21(29)25-7)23(31)27(16(13-28)12-14(2)3)20(17)22(30)26-24(4,5)6/h10-11,14-20,28H,8-9,12-13H2,1-7H3,(H,25,29)(H,26,30)/t15-,16-,17+,18-,19-,20+/m1/s1. The van der Waals surface area contributed by atoms with Gasteiger partial charge in [0.2, 0.25) is 17.7 Å². The summed E-state index contributed by atoms with van der Waals surface area (Å²) in [7, 11) is 1.59. The summed E-state index contributed by atoms with van der Waals surface area (Å²) in [5, 5.41) is 15.9. The summed E-state index contributed by atoms with van der Waals surface area (Å²) in [6.07, 6.45) is 6.29. The smallest absolute Gasteiger partial charge is 0.243 e. The fourth-order valence-corrected chi connectivity index (χ4v) is 5.24. The maximum atomic E-state index is 13.8. The number of nitrogens with one attached hydrogen (secondary N) is 2. The van der Waals surface area contributed by atoms with Crippen molar-refractivity contribution in [2.45, 2.75) is 78.4 Å². The molecular formula is C24H41N3O4. The minimum absolute atomic E-state index is 0.0425. The Hall–Kier alpha value is -1.89. The number of likely N-dealkylation sites (tertiary alicyclic amines) is 1. The van der Waals surface area contributed by atoms with Gasteiger partial charge in [0, 0.05) is 18.5 Å². The summed E-state index contributed by atoms with van der Waals surface area (Å²) in [4.78, 5) is 41.7. The number of hydrogen-bond donors (Lipinski definition) is 3. The molecule has 0 aromatic rings. The highest BCUT2D eigenvalue weighted by Gasteiger charge is 2.58. The van der Waals surface area contributed by atoms with Crippen molar-refractivity contribution in [1.29, 1.82) is 0 Å². The molecule has 2 aliphatic rings. The van der Waals surface area contributed by atoms with E-state index in [1.807, 2.05) is 46.8 Å². The van der Waals surface area contributed by atoms with Gasteiger partial charge in [0.25, 0.3) is 0 Å². The molecule has 176 valence electrons. The number of aliphatic hydroxyl groups excluding tert-OH is 1. The summed E-state index contributed by atoms with van der Waals surface area (Å²) in [5.74, 6) is -1.89. The van der Waals surface area contributed by atoms with Gasteiger partial charge in [-0.15, -0.1) is 0 Å². The second-order valence-electron chi connectivity index (χ2n) is 10.5. The second kappa shape index (κ2) is 10.2. The first-order chi connectivity index (χ1) is 14.5. The van der Waals surface area contributed by atoms with Crippen LogP contribution in [0.1, 0.15) is 60.8 Å². The molecule has 0 aromatic heterocycles. The Labute approximate surface area is 187 Å². The van der Waals surface area contributed by atoms with Crippen molar-refractivity contribution >= 4 is 17.7 Å². The van der Waals surface area contributed by atoms with Gasteiger partial charge in [0.05, 0.1) is 24.5 Å². The lowest BCUT2D eigenvalue weighted by Gasteiger charge is -2.36. The maximum absolute atomic E-state index is 13.8. The van der Waals surface area contributed by atoms with Gasteiger partial charge in [0.1, 0.15) is 6.04 Å². The van der Waals surface area contributed by atoms with Crippen molar-refractivity contribution < 1.29 is 19.5 Å². The van der Waals surface area contributed by atoms with E-state index in [1.165, 1.54) is 0 Å². The van der Waals surface area contributed by atoms with Crippen LogP contribution in [0.2, 0.25) is 0 Å². The Morgan fingerprint density at radius 1 is 1.19 bits per heavy atom. The maximum Gasteiger partial charge on any atom is 0.243 e. The molecule has 1 aliphatic carbocycles. The lowest BCUT2D eigenvalue weighted by molar-refractivity contribution is -0.144. The van der Waals surface area contributed by atoms with Crippen molar-refractivity contribution in [2.75, 3.05) is 13.7 Å². The van der Waals surface area contributed by atoms with Crippen LogP contribution in [0.4, 0.5) is 0 Å². The summed E-state index contributed by atoms with van der Waals surface area (Å²) in [5.41, 5.74) is -0.458. The summed E-state index contributed by atoms with van der Waals surface area (Å²) < 4.78 is 0. The molecule has 3 N–H and O–H groups in total. The molecule has 0 bridgehead atoms. The first kappa shape index (κ1) is 25.4. The molecule has 1 saturated heterocycles. The summed E-state index contributed by atoms with van der Waals surface area (Å²) >= 11 is 0. The Bertz CT molecular complexity index is 697. The lowest BCUT2D eigenvalue weighted by atomic mass is 9.68. The molecule has 1 fully saturated rings. The van der Waals surface area contributed by atoms with Crippen LogP contribution in [-0.2, 0) is 14.4 Å². The van der Waals surface area contributed by atoms with Crippen LogP contribution in [0.25, 0.3) is 0 Å². The highest BCUT2D eigenvalue weighted by Crippen LogP contribution is 2.46. The first-order valence-corrected chi connectivity index (χ1v) is 11.6. The van der Waals surface area contributed by atoms with Crippen molar-refractivity contribution in [1.82, 2.24) is 15.5 Å². The predicted molar refractivity (Wildman–Crippen MR) is 121 cm³/mol. The molecule has 1 heterocycles. The number of allylic oxidation sites excluding steroid dienone is 1. The zero-order valence-corrected chi connectivity index (χ0v) is 20.1. The third-order valence-electron chi connectivity index (χ3n) is 6.33. The van der Waals surface area contributed by atoms with Crippen molar-refractivity contribution in [2.24, 2.45) is 29.6 Å². The number of hydrogen-bond acceptors (Lipinski definition) is 4. The zero-order valence-electron chi connectivity index (χ0n) is 20.1. The quantitative estimate of drug-likeness (QED) is 0.509. The predicted octanol–water partition coefficient (Wildman–Crippen LogP) is 2.10. The second-order valence-corrected chi connectivity index (χ2v) is 10.5. The molecule has 0 saturated carbocycles. The van der Waals surface area contributed by atoms with Crippen LogP contribution in [0, 0.1) is 29.6 Å². The van der Waals surface area contributed by atoms with Crippen LogP contribution >= 0.6 is 0 Å². The molecule has 0 radical (unpaired) electrons. The van der Waals surface area contributed by atoms with E-state index < -0.39 is 35.4 Å². The number of rotatable bonds is 8. The minimum atomic E-state index is -0.737. The molecule has 0 aromatic carbocycles. The van der Waals surface area contributed by atoms with E-state index in [0.29, 0.717) is 6.42 Å². The highest BCUT2D eigenvalue weighted by molar-refractivity contribution is 5.97. The monoisotopic (exact) mass is 435 g/mol. The molecular weight excluding hydrogens is 394 g/mol. The van der Waals surface area contributed by atoms with Crippen LogP contribution < -0.4 is 10.6 Å². The van der Waals surface area contributed by atoms with Crippen molar-refractivity contribution in [3.05, 3.63) is 12.2 Å². The van der Waals surface area contributed by atoms with Gasteiger partial charge in [-0.1, -0.05) is 39.3 Å². The van der Waals surface area contributed by atoms with Gasteiger partial charge in [-0.3, -0.25) is 14.4 Å². The number of aliphatic hydroxyl groups is 1. The van der Waals surface area contributed by atoms with E-state index >= 15 is 0 Å². The first-order valence-electron chi connectivity index (χ1n) is 11.6. The normalized spacial score (nSPS) is 29.1. The number of nitrogens with zero attached hydrogens (tertiary/aromatic N) is 1. The zero-order chi connectivity index (χ0) is 23.5. The van der Waals surface area contributed by atoms with Crippen molar-refractivity contribution in [3.63, 3.8) is 0 Å². The van der Waals surface area contributed by atoms with Gasteiger partial charge >= 0.3 is 0 Å². The van der Waals surface area contributed by atoms with E-state index in [0.717, 1.165) is 12.8 Å². The van der Waals surface area contributed by atoms with E-state index in [4.69, 9.17) is 0 Å². The van der Waals surface area contributed by atoms with Gasteiger partial charge in [-0.25, -0.2) is 0 Å². The van der Waals surface area contributed by atoms with Crippen LogP contribution in [0.15, 0.2) is 12.2 Å². The average Bonchev–Trinajstić information content (AvgIpc) is 2.97. The summed E-state index contributed by atoms with van der Waals surface area (Å²) in [6, 6.07) is -1.20. The topological polar surface area (TPSA) is 98.7 Å². The van der Waals surface area contributed by atoms with E-state index in [9.17, 15) is 19.5 Å². The number of carbonyl (C=O) groups excluding carboxylic acids is 3. The van der Waals surface area contributed by atoms with E-state index in [2.05, 4.69) is 17.6 Å². The van der Waals surface area contributed by atoms with Crippen LogP contribution in [-0.4, -0.2) is 59.0 Å². The number of fused-ring (bicyclic) bond motifs is 1. The highest BCUT2D eigenvalue weighted by atomic mass is 16.3. The average molecular weight is 436 g/mol.